The third kappa shape index (κ3) is 2.63. The van der Waals surface area contributed by atoms with Gasteiger partial charge >= 0.3 is 0 Å². The zero-order valence-electron chi connectivity index (χ0n) is 13.5. The summed E-state index contributed by atoms with van der Waals surface area (Å²) in [6, 6.07) is 7.59. The molecule has 0 unspecified atom stereocenters. The van der Waals surface area contributed by atoms with Crippen molar-refractivity contribution in [1.29, 1.82) is 0 Å². The van der Waals surface area contributed by atoms with Gasteiger partial charge in [-0.2, -0.15) is 0 Å². The Morgan fingerprint density at radius 2 is 2.00 bits per heavy atom. The zero-order chi connectivity index (χ0) is 17.4. The van der Waals surface area contributed by atoms with Crippen LogP contribution in [0, 0.1) is 13.8 Å². The summed E-state index contributed by atoms with van der Waals surface area (Å²) in [6.45, 7) is 3.88. The normalized spacial score (nSPS) is 16.7. The molecule has 3 rings (SSSR count). The SMILES string of the molecule is Cc1cc(/C=C2\C(=O)NC(=S)N(C)C2=O)c(C)n1-c1ccccn1. The minimum absolute atomic E-state index is 0.0624. The number of nitrogens with one attached hydrogen (secondary N) is 1. The summed E-state index contributed by atoms with van der Waals surface area (Å²) in [5.41, 5.74) is 2.71. The highest BCUT2D eigenvalue weighted by molar-refractivity contribution is 7.80. The van der Waals surface area contributed by atoms with Gasteiger partial charge in [-0.25, -0.2) is 4.98 Å². The topological polar surface area (TPSA) is 67.2 Å². The predicted octanol–water partition coefficient (Wildman–Crippen LogP) is 1.75. The van der Waals surface area contributed by atoms with Gasteiger partial charge in [-0.05, 0) is 55.9 Å². The van der Waals surface area contributed by atoms with E-state index in [0.29, 0.717) is 0 Å². The lowest BCUT2D eigenvalue weighted by molar-refractivity contribution is -0.128. The van der Waals surface area contributed by atoms with E-state index >= 15 is 0 Å². The summed E-state index contributed by atoms with van der Waals surface area (Å²) in [4.78, 5) is 30.0. The van der Waals surface area contributed by atoms with Crippen molar-refractivity contribution in [3.8, 4) is 5.82 Å². The average molecular weight is 340 g/mol. The molecule has 0 bridgehead atoms. The van der Waals surface area contributed by atoms with Crippen LogP contribution in [0.25, 0.3) is 11.9 Å². The van der Waals surface area contributed by atoms with Crippen molar-refractivity contribution < 1.29 is 9.59 Å². The van der Waals surface area contributed by atoms with E-state index in [-0.39, 0.29) is 10.7 Å². The van der Waals surface area contributed by atoms with Crippen molar-refractivity contribution >= 4 is 35.2 Å². The maximum atomic E-state index is 12.3. The Morgan fingerprint density at radius 3 is 2.67 bits per heavy atom. The molecule has 0 spiro atoms. The Kier molecular flexibility index (Phi) is 4.02. The molecule has 1 fully saturated rings. The number of nitrogens with zero attached hydrogens (tertiary/aromatic N) is 3. The number of rotatable bonds is 2. The highest BCUT2D eigenvalue weighted by Crippen LogP contribution is 2.23. The molecule has 3 heterocycles. The molecule has 2 aromatic rings. The second-order valence-electron chi connectivity index (χ2n) is 5.53. The van der Waals surface area contributed by atoms with E-state index in [2.05, 4.69) is 10.3 Å². The first kappa shape index (κ1) is 16.1. The van der Waals surface area contributed by atoms with E-state index in [0.717, 1.165) is 22.8 Å². The van der Waals surface area contributed by atoms with Gasteiger partial charge in [-0.3, -0.25) is 19.8 Å². The summed E-state index contributed by atoms with van der Waals surface area (Å²) >= 11 is 4.95. The maximum absolute atomic E-state index is 12.3. The molecular formula is C17H16N4O2S. The number of thiocarbonyl (C=S) groups is 1. The Balaban J connectivity index is 2.07. The molecule has 122 valence electrons. The van der Waals surface area contributed by atoms with Gasteiger partial charge in [0.25, 0.3) is 11.8 Å². The summed E-state index contributed by atoms with van der Waals surface area (Å²) in [6.07, 6.45) is 3.32. The van der Waals surface area contributed by atoms with Crippen LogP contribution in [0.15, 0.2) is 36.0 Å². The van der Waals surface area contributed by atoms with Gasteiger partial charge in [-0.15, -0.1) is 0 Å². The van der Waals surface area contributed by atoms with Crippen molar-refractivity contribution in [2.75, 3.05) is 7.05 Å². The van der Waals surface area contributed by atoms with Crippen LogP contribution in [0.2, 0.25) is 0 Å². The highest BCUT2D eigenvalue weighted by Gasteiger charge is 2.31. The van der Waals surface area contributed by atoms with Crippen molar-refractivity contribution in [2.24, 2.45) is 0 Å². The number of carbonyl (C=O) groups excluding carboxylic acids is 2. The standard InChI is InChI=1S/C17H16N4O2S/c1-10-8-12(11(2)21(10)14-6-4-5-7-18-14)9-13-15(22)19-17(24)20(3)16(13)23/h4-9H,1-3H3,(H,19,22,24)/b13-9+. The molecule has 24 heavy (non-hydrogen) atoms. The summed E-state index contributed by atoms with van der Waals surface area (Å²) in [7, 11) is 1.54. The number of hydrogen-bond acceptors (Lipinski definition) is 4. The molecule has 0 aliphatic carbocycles. The minimum atomic E-state index is -0.481. The number of aromatic nitrogens is 2. The molecule has 2 aromatic heterocycles. The van der Waals surface area contributed by atoms with Crippen LogP contribution in [-0.2, 0) is 9.59 Å². The van der Waals surface area contributed by atoms with Crippen LogP contribution >= 0.6 is 12.2 Å². The van der Waals surface area contributed by atoms with Crippen LogP contribution in [0.3, 0.4) is 0 Å². The predicted molar refractivity (Wildman–Crippen MR) is 94.5 cm³/mol. The number of aryl methyl sites for hydroxylation is 1. The summed E-state index contributed by atoms with van der Waals surface area (Å²) < 4.78 is 1.98. The Hall–Kier alpha value is -2.80. The lowest BCUT2D eigenvalue weighted by Gasteiger charge is -2.25. The molecule has 6 nitrogen and oxygen atoms in total. The maximum Gasteiger partial charge on any atom is 0.265 e. The van der Waals surface area contributed by atoms with E-state index in [1.807, 2.05) is 42.7 Å². The fourth-order valence-electron chi connectivity index (χ4n) is 2.67. The Labute approximate surface area is 144 Å². The van der Waals surface area contributed by atoms with Crippen LogP contribution in [0.5, 0.6) is 0 Å². The fraction of sp³-hybridized carbons (Fsp3) is 0.176. The van der Waals surface area contributed by atoms with E-state index in [4.69, 9.17) is 12.2 Å². The largest absolute Gasteiger partial charge is 0.303 e. The van der Waals surface area contributed by atoms with Gasteiger partial charge in [0, 0.05) is 24.6 Å². The second kappa shape index (κ2) is 6.01. The molecule has 2 amide bonds. The molecule has 7 heteroatoms. The molecule has 1 aliphatic heterocycles. The van der Waals surface area contributed by atoms with Crippen LogP contribution < -0.4 is 5.32 Å². The monoisotopic (exact) mass is 340 g/mol. The summed E-state index contributed by atoms with van der Waals surface area (Å²) in [5.74, 6) is -0.105. The number of pyridine rings is 1. The minimum Gasteiger partial charge on any atom is -0.303 e. The van der Waals surface area contributed by atoms with Gasteiger partial charge in [0.1, 0.15) is 11.4 Å². The first-order valence-corrected chi connectivity index (χ1v) is 7.76. The third-order valence-corrected chi connectivity index (χ3v) is 4.33. The molecular weight excluding hydrogens is 324 g/mol. The molecule has 1 aliphatic rings. The van der Waals surface area contributed by atoms with Crippen molar-refractivity contribution in [1.82, 2.24) is 19.8 Å². The van der Waals surface area contributed by atoms with Crippen LogP contribution in [0.4, 0.5) is 0 Å². The average Bonchev–Trinajstić information content (AvgIpc) is 2.84. The van der Waals surface area contributed by atoms with Crippen LogP contribution in [-0.4, -0.2) is 38.4 Å². The fourth-order valence-corrected chi connectivity index (χ4v) is 2.85. The molecule has 0 atom stereocenters. The van der Waals surface area contributed by atoms with Gasteiger partial charge in [0.2, 0.25) is 0 Å². The first-order chi connectivity index (χ1) is 11.4. The molecule has 0 saturated carbocycles. The first-order valence-electron chi connectivity index (χ1n) is 7.35. The highest BCUT2D eigenvalue weighted by atomic mass is 32.1. The van der Waals surface area contributed by atoms with Crippen molar-refractivity contribution in [3.05, 3.63) is 53.0 Å². The van der Waals surface area contributed by atoms with Gasteiger partial charge < -0.3 is 4.57 Å². The lowest BCUT2D eigenvalue weighted by Crippen LogP contribution is -2.52. The van der Waals surface area contributed by atoms with Gasteiger partial charge in [-0.1, -0.05) is 6.07 Å². The number of carbonyl (C=O) groups is 2. The molecule has 0 radical (unpaired) electrons. The molecule has 1 saturated heterocycles. The quantitative estimate of drug-likeness (QED) is 0.514. The van der Waals surface area contributed by atoms with Crippen molar-refractivity contribution in [3.63, 3.8) is 0 Å². The summed E-state index contributed by atoms with van der Waals surface area (Å²) in [5, 5.41) is 2.62. The molecule has 1 N–H and O–H groups in total. The van der Waals surface area contributed by atoms with E-state index in [1.54, 1.807) is 12.3 Å². The lowest BCUT2D eigenvalue weighted by atomic mass is 10.1. The van der Waals surface area contributed by atoms with E-state index in [9.17, 15) is 9.59 Å². The number of likely N-dealkylation sites (N-methyl/N-ethyl adjacent to an activating group) is 1. The van der Waals surface area contributed by atoms with E-state index in [1.165, 1.54) is 11.9 Å². The van der Waals surface area contributed by atoms with Gasteiger partial charge in [0.05, 0.1) is 0 Å². The number of amides is 2. The second-order valence-corrected chi connectivity index (χ2v) is 5.92. The third-order valence-electron chi connectivity index (χ3n) is 3.95. The Bertz CT molecular complexity index is 883. The molecule has 0 aromatic carbocycles. The zero-order valence-corrected chi connectivity index (χ0v) is 14.3. The Morgan fingerprint density at radius 1 is 1.25 bits per heavy atom. The van der Waals surface area contributed by atoms with Crippen LogP contribution in [0.1, 0.15) is 17.0 Å². The number of hydrogen-bond donors (Lipinski definition) is 1. The van der Waals surface area contributed by atoms with Gasteiger partial charge in [0.15, 0.2) is 5.11 Å². The van der Waals surface area contributed by atoms with E-state index < -0.39 is 11.8 Å². The smallest absolute Gasteiger partial charge is 0.265 e. The van der Waals surface area contributed by atoms with Crippen molar-refractivity contribution in [2.45, 2.75) is 13.8 Å².